The summed E-state index contributed by atoms with van der Waals surface area (Å²) in [5, 5.41) is 6.53. The molecule has 56 heavy (non-hydrogen) atoms. The van der Waals surface area contributed by atoms with Crippen LogP contribution in [0.25, 0.3) is 10.8 Å². The summed E-state index contributed by atoms with van der Waals surface area (Å²) in [7, 11) is -2.60. The Morgan fingerprint density at radius 2 is 1.86 bits per heavy atom. The van der Waals surface area contributed by atoms with Gasteiger partial charge in [0.15, 0.2) is 0 Å². The van der Waals surface area contributed by atoms with E-state index in [9.17, 15) is 32.0 Å². The Hall–Kier alpha value is -4.47. The van der Waals surface area contributed by atoms with Crippen molar-refractivity contribution in [3.8, 4) is 11.6 Å². The number of pyridine rings is 1. The lowest BCUT2D eigenvalue weighted by molar-refractivity contribution is -0.142. The van der Waals surface area contributed by atoms with Crippen LogP contribution in [0, 0.1) is 23.6 Å². The molecular weight excluding hydrogens is 746 g/mol. The number of ether oxygens (including phenoxy) is 3. The summed E-state index contributed by atoms with van der Waals surface area (Å²) in [5.74, 6) is -2.81. The fourth-order valence-corrected chi connectivity index (χ4v) is 9.76. The molecule has 4 amide bonds. The average molecular weight is 800 g/mol. The number of fused-ring (bicyclic) bond motifs is 3. The molecule has 306 valence electrons. The van der Waals surface area contributed by atoms with Gasteiger partial charge in [-0.15, -0.1) is 0 Å². The topological polar surface area (TPSA) is 182 Å². The molecule has 14 nitrogen and oxygen atoms in total. The highest BCUT2D eigenvalue weighted by atomic mass is 32.2. The first-order valence-electron chi connectivity index (χ1n) is 19.5. The van der Waals surface area contributed by atoms with Crippen LogP contribution in [0.5, 0.6) is 11.6 Å². The number of nitrogens with one attached hydrogen (secondary N) is 3. The number of carbonyl (C=O) groups excluding carboxylic acids is 4. The highest BCUT2D eigenvalue weighted by molar-refractivity contribution is 7.91. The fourth-order valence-electron chi connectivity index (χ4n) is 8.10. The number of sulfonamides is 1. The molecule has 2 aliphatic heterocycles. The minimum Gasteiger partial charge on any atom is -0.494 e. The van der Waals surface area contributed by atoms with Crippen molar-refractivity contribution in [3.63, 3.8) is 0 Å². The van der Waals surface area contributed by atoms with E-state index in [0.717, 1.165) is 6.42 Å². The lowest BCUT2D eigenvalue weighted by Crippen LogP contribution is -2.59. The number of nitrogens with zero attached hydrogens (tertiary/aromatic N) is 2. The highest BCUT2D eigenvalue weighted by Gasteiger charge is 2.63. The van der Waals surface area contributed by atoms with Crippen molar-refractivity contribution < 1.29 is 46.2 Å². The SMILES string of the molecule is CCC1(S(=O)(=O)NC(=O)[C@@]23C[C@H]2/C=C\CC[C@H](C)C[C@@H](C)[C@H](NC(=O)OC(C)(C)C)C(=O)N2C[C@H](Oc4ncc(OC)c5cc(F)ccc45)C[C@H]2C(=O)N3)CC1. The zero-order valence-corrected chi connectivity index (χ0v) is 34.0. The van der Waals surface area contributed by atoms with E-state index in [4.69, 9.17) is 14.2 Å². The maximum atomic E-state index is 14.8. The molecule has 3 N–H and O–H groups in total. The Morgan fingerprint density at radius 1 is 1.12 bits per heavy atom. The molecule has 2 saturated carbocycles. The maximum absolute atomic E-state index is 14.8. The van der Waals surface area contributed by atoms with E-state index in [-0.39, 0.29) is 37.1 Å². The van der Waals surface area contributed by atoms with Crippen molar-refractivity contribution in [3.05, 3.63) is 42.4 Å². The first kappa shape index (κ1) is 41.2. The van der Waals surface area contributed by atoms with Crippen molar-refractivity contribution in [2.24, 2.45) is 17.8 Å². The number of aromatic nitrogens is 1. The van der Waals surface area contributed by atoms with Gasteiger partial charge in [-0.2, -0.15) is 0 Å². The Morgan fingerprint density at radius 3 is 2.52 bits per heavy atom. The van der Waals surface area contributed by atoms with E-state index in [0.29, 0.717) is 48.6 Å². The number of benzene rings is 1. The number of carbonyl (C=O) groups is 4. The number of alkyl carbamates (subject to hydrolysis) is 1. The van der Waals surface area contributed by atoms with Crippen molar-refractivity contribution in [1.82, 2.24) is 25.2 Å². The van der Waals surface area contributed by atoms with Crippen LogP contribution in [0.15, 0.2) is 36.5 Å². The van der Waals surface area contributed by atoms with Crippen LogP contribution < -0.4 is 24.8 Å². The monoisotopic (exact) mass is 799 g/mol. The molecule has 7 atom stereocenters. The summed E-state index contributed by atoms with van der Waals surface area (Å²) in [5.41, 5.74) is -2.41. The zero-order valence-electron chi connectivity index (χ0n) is 33.1. The van der Waals surface area contributed by atoms with Gasteiger partial charge in [-0.05, 0) is 95.8 Å². The van der Waals surface area contributed by atoms with E-state index < -0.39 is 79.6 Å². The summed E-state index contributed by atoms with van der Waals surface area (Å²) in [6.45, 7) is 10.7. The summed E-state index contributed by atoms with van der Waals surface area (Å²) in [6.07, 6.45) is 6.93. The predicted octanol–water partition coefficient (Wildman–Crippen LogP) is 4.90. The second kappa shape index (κ2) is 15.5. The van der Waals surface area contributed by atoms with E-state index >= 15 is 0 Å². The molecule has 2 aliphatic carbocycles. The van der Waals surface area contributed by atoms with E-state index in [2.05, 4.69) is 27.3 Å². The zero-order chi connectivity index (χ0) is 40.8. The van der Waals surface area contributed by atoms with Crippen LogP contribution in [-0.2, 0) is 29.1 Å². The molecule has 4 aliphatic rings. The summed E-state index contributed by atoms with van der Waals surface area (Å²) in [6, 6.07) is 1.78. The summed E-state index contributed by atoms with van der Waals surface area (Å²) in [4.78, 5) is 62.3. The van der Waals surface area contributed by atoms with Gasteiger partial charge < -0.3 is 29.7 Å². The van der Waals surface area contributed by atoms with Gasteiger partial charge in [0.05, 0.1) is 24.6 Å². The molecule has 3 heterocycles. The van der Waals surface area contributed by atoms with Gasteiger partial charge in [0, 0.05) is 23.1 Å². The molecule has 0 unspecified atom stereocenters. The van der Waals surface area contributed by atoms with Crippen LogP contribution in [0.2, 0.25) is 0 Å². The Labute approximate surface area is 327 Å². The summed E-state index contributed by atoms with van der Waals surface area (Å²) >= 11 is 0. The van der Waals surface area contributed by atoms with Gasteiger partial charge >= 0.3 is 6.09 Å². The lowest BCUT2D eigenvalue weighted by Gasteiger charge is -2.33. The van der Waals surface area contributed by atoms with Crippen LogP contribution >= 0.6 is 0 Å². The number of rotatable bonds is 8. The minimum absolute atomic E-state index is 0.0344. The number of allylic oxidation sites excluding steroid dienone is 1. The van der Waals surface area contributed by atoms with Gasteiger partial charge in [0.2, 0.25) is 27.7 Å². The van der Waals surface area contributed by atoms with Crippen molar-refractivity contribution >= 4 is 44.6 Å². The first-order chi connectivity index (χ1) is 26.3. The smallest absolute Gasteiger partial charge is 0.408 e. The molecule has 0 spiro atoms. The number of hydrogen-bond acceptors (Lipinski definition) is 10. The predicted molar refractivity (Wildman–Crippen MR) is 206 cm³/mol. The molecule has 3 fully saturated rings. The van der Waals surface area contributed by atoms with Crippen LogP contribution in [0.1, 0.15) is 92.9 Å². The molecule has 1 saturated heterocycles. The molecular formula is C40H54FN5O9S. The molecule has 0 bridgehead atoms. The maximum Gasteiger partial charge on any atom is 0.408 e. The number of methoxy groups -OCH3 is 1. The molecule has 16 heteroatoms. The van der Waals surface area contributed by atoms with E-state index in [1.807, 2.05) is 19.1 Å². The molecule has 1 aromatic carbocycles. The average Bonchev–Trinajstić information content (AvgIpc) is 4.02. The third kappa shape index (κ3) is 8.44. The highest BCUT2D eigenvalue weighted by Crippen LogP contribution is 2.49. The standard InChI is InChI=1S/C40H54FN5O9S/c1-8-39(15-16-39)56(51,52)45-36(49)40-20-25(40)12-10-9-11-23(2)17-24(3)32(43-37(50)55-38(4,5)6)35(48)46-22-27(19-30(46)33(47)44-40)54-34-28-14-13-26(41)18-29(28)31(53-7)21-42-34/h10,12-14,18,21,23-25,27,30,32H,8-9,11,15-17,19-20,22H2,1-7H3,(H,43,50)(H,44,47)(H,45,49)/b12-10-/t23-,24+,25+,27+,30-,32-,40+/m0/s1. The summed E-state index contributed by atoms with van der Waals surface area (Å²) < 4.78 is 59.7. The van der Waals surface area contributed by atoms with E-state index in [1.165, 1.54) is 36.4 Å². The Bertz CT molecular complexity index is 2020. The number of amides is 4. The van der Waals surface area contributed by atoms with Gasteiger partial charge in [0.1, 0.15) is 40.9 Å². The van der Waals surface area contributed by atoms with Crippen LogP contribution in [0.3, 0.4) is 0 Å². The van der Waals surface area contributed by atoms with Gasteiger partial charge in [0.25, 0.3) is 5.91 Å². The van der Waals surface area contributed by atoms with Crippen LogP contribution in [0.4, 0.5) is 9.18 Å². The van der Waals surface area contributed by atoms with Crippen molar-refractivity contribution in [2.75, 3.05) is 13.7 Å². The second-order valence-corrected chi connectivity index (χ2v) is 19.1. The fraction of sp³-hybridized carbons (Fsp3) is 0.625. The number of hydrogen-bond donors (Lipinski definition) is 3. The van der Waals surface area contributed by atoms with Crippen molar-refractivity contribution in [1.29, 1.82) is 0 Å². The Balaban J connectivity index is 1.36. The van der Waals surface area contributed by atoms with Gasteiger partial charge in [-0.1, -0.05) is 32.9 Å². The third-order valence-corrected chi connectivity index (χ3v) is 13.9. The molecule has 2 aromatic rings. The largest absolute Gasteiger partial charge is 0.494 e. The van der Waals surface area contributed by atoms with Gasteiger partial charge in [-0.25, -0.2) is 22.6 Å². The number of halogens is 1. The first-order valence-corrected chi connectivity index (χ1v) is 20.9. The Kier molecular flexibility index (Phi) is 11.4. The van der Waals surface area contributed by atoms with E-state index in [1.54, 1.807) is 27.7 Å². The second-order valence-electron chi connectivity index (χ2n) is 17.0. The van der Waals surface area contributed by atoms with Crippen LogP contribution in [-0.4, -0.2) is 89.8 Å². The van der Waals surface area contributed by atoms with Crippen molar-refractivity contribution in [2.45, 2.75) is 127 Å². The third-order valence-electron chi connectivity index (χ3n) is 11.6. The van der Waals surface area contributed by atoms with Gasteiger partial charge in [-0.3, -0.25) is 19.1 Å². The molecule has 1 aromatic heterocycles. The quantitative estimate of drug-likeness (QED) is 0.311. The minimum atomic E-state index is -4.03. The normalized spacial score (nSPS) is 29.8. The molecule has 0 radical (unpaired) electrons. The molecule has 6 rings (SSSR count). The lowest BCUT2D eigenvalue weighted by atomic mass is 9.88.